The third-order valence-electron chi connectivity index (χ3n) is 2.84. The highest BCUT2D eigenvalue weighted by atomic mass is 16.4. The second kappa shape index (κ2) is 10.8. The van der Waals surface area contributed by atoms with Gasteiger partial charge in [0.15, 0.2) is 5.96 Å². The van der Waals surface area contributed by atoms with Crippen molar-refractivity contribution in [1.29, 1.82) is 5.41 Å². The first kappa shape index (κ1) is 21.1. The number of nitrogens with one attached hydrogen (secondary N) is 4. The minimum absolute atomic E-state index is 0.140. The minimum atomic E-state index is -1.50. The molecule has 136 valence electrons. The molecule has 0 saturated heterocycles. The Kier molecular flexibility index (Phi) is 9.48. The lowest BCUT2D eigenvalue weighted by Crippen LogP contribution is -2.53. The molecule has 12 heteroatoms. The van der Waals surface area contributed by atoms with Crippen molar-refractivity contribution in [2.75, 3.05) is 13.1 Å². The number of primary amides is 1. The van der Waals surface area contributed by atoms with E-state index in [1.165, 1.54) is 0 Å². The first-order valence-corrected chi connectivity index (χ1v) is 7.06. The normalized spacial score (nSPS) is 12.5. The zero-order chi connectivity index (χ0) is 18.7. The smallest absolute Gasteiger partial charge is 0.326 e. The summed E-state index contributed by atoms with van der Waals surface area (Å²) < 4.78 is 0. The van der Waals surface area contributed by atoms with Crippen LogP contribution in [0.2, 0.25) is 0 Å². The number of carboxylic acids is 1. The van der Waals surface area contributed by atoms with Gasteiger partial charge in [0.1, 0.15) is 12.1 Å². The maximum Gasteiger partial charge on any atom is 0.326 e. The van der Waals surface area contributed by atoms with Crippen molar-refractivity contribution in [1.82, 2.24) is 16.0 Å². The van der Waals surface area contributed by atoms with E-state index in [0.717, 1.165) is 0 Å². The molecule has 11 N–H and O–H groups in total. The SMILES string of the molecule is N=C(N)NCCC[C@H](NC(=O)CN)C(=O)N[C@@H](CC(N)=O)C(=O)O. The van der Waals surface area contributed by atoms with Crippen LogP contribution in [0.1, 0.15) is 19.3 Å². The van der Waals surface area contributed by atoms with E-state index in [9.17, 15) is 19.2 Å². The average molecular weight is 345 g/mol. The molecule has 0 aliphatic rings. The van der Waals surface area contributed by atoms with Gasteiger partial charge in [-0.3, -0.25) is 19.8 Å². The number of guanidine groups is 1. The molecular weight excluding hydrogens is 322 g/mol. The summed E-state index contributed by atoms with van der Waals surface area (Å²) in [4.78, 5) is 45.4. The van der Waals surface area contributed by atoms with Crippen molar-refractivity contribution in [3.05, 3.63) is 0 Å². The standard InChI is InChI=1S/C12H23N7O5/c13-5-9(21)18-6(2-1-3-17-12(15)16)10(22)19-7(11(23)24)4-8(14)20/h6-7H,1-5,13H2,(H2,14,20)(H,18,21)(H,19,22)(H,23,24)(H4,15,16,17)/t6-,7-/m0/s1. The number of carbonyl (C=O) groups excluding carboxylic acids is 3. The third kappa shape index (κ3) is 9.19. The summed E-state index contributed by atoms with van der Waals surface area (Å²) in [6.07, 6.45) is -0.0820. The molecule has 2 atom stereocenters. The van der Waals surface area contributed by atoms with E-state index < -0.39 is 42.2 Å². The van der Waals surface area contributed by atoms with Crippen LogP contribution in [0.25, 0.3) is 0 Å². The van der Waals surface area contributed by atoms with Gasteiger partial charge in [-0.1, -0.05) is 0 Å². The van der Waals surface area contributed by atoms with Gasteiger partial charge in [-0.2, -0.15) is 0 Å². The van der Waals surface area contributed by atoms with Crippen LogP contribution in [0, 0.1) is 5.41 Å². The lowest BCUT2D eigenvalue weighted by atomic mass is 10.1. The van der Waals surface area contributed by atoms with Gasteiger partial charge in [-0.15, -0.1) is 0 Å². The minimum Gasteiger partial charge on any atom is -0.480 e. The van der Waals surface area contributed by atoms with Crippen LogP contribution in [0.3, 0.4) is 0 Å². The summed E-state index contributed by atoms with van der Waals surface area (Å²) >= 11 is 0. The predicted octanol–water partition coefficient (Wildman–Crippen LogP) is -3.86. The second-order valence-corrected chi connectivity index (χ2v) is 4.88. The molecule has 0 radical (unpaired) electrons. The maximum atomic E-state index is 12.1. The van der Waals surface area contributed by atoms with Gasteiger partial charge in [-0.05, 0) is 12.8 Å². The van der Waals surface area contributed by atoms with Crippen LogP contribution in [-0.4, -0.2) is 59.9 Å². The molecule has 24 heavy (non-hydrogen) atoms. The van der Waals surface area contributed by atoms with E-state index in [-0.39, 0.29) is 25.5 Å². The lowest BCUT2D eigenvalue weighted by molar-refractivity contribution is -0.143. The molecule has 3 amide bonds. The van der Waals surface area contributed by atoms with Gasteiger partial charge in [-0.25, -0.2) is 4.79 Å². The Labute approximate surface area is 138 Å². The number of carboxylic acid groups (broad SMARTS) is 1. The molecule has 0 heterocycles. The lowest BCUT2D eigenvalue weighted by Gasteiger charge is -2.21. The molecule has 0 aromatic carbocycles. The molecule has 12 nitrogen and oxygen atoms in total. The fourth-order valence-electron chi connectivity index (χ4n) is 1.72. The first-order valence-electron chi connectivity index (χ1n) is 7.06. The molecule has 0 rings (SSSR count). The largest absolute Gasteiger partial charge is 0.480 e. The molecule has 0 aromatic heterocycles. The predicted molar refractivity (Wildman–Crippen MR) is 83.5 cm³/mol. The number of nitrogens with two attached hydrogens (primary N) is 3. The van der Waals surface area contributed by atoms with Crippen molar-refractivity contribution in [2.24, 2.45) is 17.2 Å². The Morgan fingerprint density at radius 2 is 1.71 bits per heavy atom. The van der Waals surface area contributed by atoms with Crippen LogP contribution in [0.15, 0.2) is 0 Å². The molecule has 0 aliphatic carbocycles. The van der Waals surface area contributed by atoms with Crippen molar-refractivity contribution >= 4 is 29.7 Å². The number of hydrogen-bond acceptors (Lipinski definition) is 6. The molecule has 0 aliphatic heterocycles. The fraction of sp³-hybridized carbons (Fsp3) is 0.583. The van der Waals surface area contributed by atoms with Gasteiger partial charge in [0.2, 0.25) is 17.7 Å². The number of aliphatic carboxylic acids is 1. The van der Waals surface area contributed by atoms with E-state index in [0.29, 0.717) is 6.42 Å². The van der Waals surface area contributed by atoms with Gasteiger partial charge < -0.3 is 38.3 Å². The van der Waals surface area contributed by atoms with Crippen LogP contribution >= 0.6 is 0 Å². The Bertz CT molecular complexity index is 496. The summed E-state index contributed by atoms with van der Waals surface area (Å²) in [5.74, 6) is -3.95. The van der Waals surface area contributed by atoms with Crippen molar-refractivity contribution in [2.45, 2.75) is 31.3 Å². The van der Waals surface area contributed by atoms with Crippen molar-refractivity contribution in [3.8, 4) is 0 Å². The van der Waals surface area contributed by atoms with Crippen LogP contribution < -0.4 is 33.2 Å². The Hall–Kier alpha value is -2.89. The van der Waals surface area contributed by atoms with Gasteiger partial charge in [0, 0.05) is 6.54 Å². The zero-order valence-electron chi connectivity index (χ0n) is 13.0. The quantitative estimate of drug-likeness (QED) is 0.105. The number of rotatable bonds is 11. The molecule has 0 fully saturated rings. The fourth-order valence-corrected chi connectivity index (χ4v) is 1.72. The monoisotopic (exact) mass is 345 g/mol. The number of hydrogen-bond donors (Lipinski definition) is 8. The molecular formula is C12H23N7O5. The van der Waals surface area contributed by atoms with Crippen LogP contribution in [-0.2, 0) is 19.2 Å². The number of carbonyl (C=O) groups is 4. The molecule has 0 unspecified atom stereocenters. The van der Waals surface area contributed by atoms with E-state index in [1.54, 1.807) is 0 Å². The van der Waals surface area contributed by atoms with E-state index >= 15 is 0 Å². The molecule has 0 spiro atoms. The molecule has 0 bridgehead atoms. The highest BCUT2D eigenvalue weighted by Crippen LogP contribution is 2.00. The van der Waals surface area contributed by atoms with E-state index in [2.05, 4.69) is 16.0 Å². The highest BCUT2D eigenvalue weighted by Gasteiger charge is 2.27. The topological polar surface area (TPSA) is 227 Å². The summed E-state index contributed by atoms with van der Waals surface area (Å²) in [7, 11) is 0. The first-order chi connectivity index (χ1) is 11.2. The Morgan fingerprint density at radius 1 is 1.08 bits per heavy atom. The van der Waals surface area contributed by atoms with Crippen LogP contribution in [0.4, 0.5) is 0 Å². The van der Waals surface area contributed by atoms with Crippen LogP contribution in [0.5, 0.6) is 0 Å². The van der Waals surface area contributed by atoms with Gasteiger partial charge in [0.25, 0.3) is 0 Å². The third-order valence-corrected chi connectivity index (χ3v) is 2.84. The molecule has 0 saturated carbocycles. The average Bonchev–Trinajstić information content (AvgIpc) is 2.48. The van der Waals surface area contributed by atoms with Gasteiger partial charge in [0.05, 0.1) is 13.0 Å². The summed E-state index contributed by atoms with van der Waals surface area (Å²) in [5.41, 5.74) is 15.2. The zero-order valence-corrected chi connectivity index (χ0v) is 13.0. The van der Waals surface area contributed by atoms with E-state index in [4.69, 9.17) is 27.7 Å². The molecule has 0 aromatic rings. The Balaban J connectivity index is 4.80. The summed E-state index contributed by atoms with van der Waals surface area (Å²) in [5, 5.41) is 23.0. The number of amides is 3. The van der Waals surface area contributed by atoms with Gasteiger partial charge >= 0.3 is 5.97 Å². The Morgan fingerprint density at radius 3 is 2.17 bits per heavy atom. The summed E-state index contributed by atoms with van der Waals surface area (Å²) in [6, 6.07) is -2.55. The van der Waals surface area contributed by atoms with Crippen molar-refractivity contribution in [3.63, 3.8) is 0 Å². The highest BCUT2D eigenvalue weighted by molar-refractivity contribution is 5.92. The van der Waals surface area contributed by atoms with Crippen molar-refractivity contribution < 1.29 is 24.3 Å². The van der Waals surface area contributed by atoms with E-state index in [1.807, 2.05) is 0 Å². The maximum absolute atomic E-state index is 12.1. The summed E-state index contributed by atoms with van der Waals surface area (Å²) in [6.45, 7) is -0.0691. The second-order valence-electron chi connectivity index (χ2n) is 4.88.